The largest absolute Gasteiger partial charge is 0.482 e. The van der Waals surface area contributed by atoms with Gasteiger partial charge in [0, 0.05) is 18.3 Å². The maximum Gasteiger partial charge on any atom is 0.341 e. The van der Waals surface area contributed by atoms with Gasteiger partial charge < -0.3 is 15.2 Å². The van der Waals surface area contributed by atoms with Crippen molar-refractivity contribution < 1.29 is 19.4 Å². The van der Waals surface area contributed by atoms with Gasteiger partial charge in [0.15, 0.2) is 6.61 Å². The molecule has 0 aliphatic carbocycles. The summed E-state index contributed by atoms with van der Waals surface area (Å²) in [4.78, 5) is 22.8. The molecule has 0 saturated carbocycles. The lowest BCUT2D eigenvalue weighted by Gasteiger charge is -2.10. The van der Waals surface area contributed by atoms with E-state index in [0.29, 0.717) is 17.9 Å². The highest BCUT2D eigenvalue weighted by Crippen LogP contribution is 2.15. The molecule has 0 unspecified atom stereocenters. The molecule has 1 aromatic carbocycles. The van der Waals surface area contributed by atoms with Gasteiger partial charge in [-0.25, -0.2) is 4.79 Å². The summed E-state index contributed by atoms with van der Waals surface area (Å²) >= 11 is 0. The van der Waals surface area contributed by atoms with Gasteiger partial charge in [0.05, 0.1) is 11.8 Å². The molecular formula is C17H21N3O4. The Kier molecular flexibility index (Phi) is 5.57. The SMILES string of the molecule is Cc1c(C(=O)NCc2cccc(OCC(=O)O)c2)cnn1C(C)C. The average Bonchev–Trinajstić information content (AvgIpc) is 2.93. The number of aliphatic carboxylic acids is 1. The molecule has 7 heteroatoms. The highest BCUT2D eigenvalue weighted by molar-refractivity contribution is 5.95. The molecule has 0 fully saturated rings. The molecule has 7 nitrogen and oxygen atoms in total. The Morgan fingerprint density at radius 1 is 1.38 bits per heavy atom. The van der Waals surface area contributed by atoms with E-state index in [9.17, 15) is 9.59 Å². The Morgan fingerprint density at radius 2 is 2.12 bits per heavy atom. The molecule has 0 radical (unpaired) electrons. The van der Waals surface area contributed by atoms with Gasteiger partial charge in [-0.05, 0) is 38.5 Å². The molecule has 0 spiro atoms. The Balaban J connectivity index is 1.99. The van der Waals surface area contributed by atoms with Crippen molar-refractivity contribution in [3.05, 3.63) is 47.3 Å². The number of nitrogens with zero attached hydrogens (tertiary/aromatic N) is 2. The molecule has 0 saturated heterocycles. The van der Waals surface area contributed by atoms with Crippen molar-refractivity contribution in [1.82, 2.24) is 15.1 Å². The van der Waals surface area contributed by atoms with Gasteiger partial charge >= 0.3 is 5.97 Å². The van der Waals surface area contributed by atoms with Crippen LogP contribution in [0.5, 0.6) is 5.75 Å². The minimum Gasteiger partial charge on any atom is -0.482 e. The van der Waals surface area contributed by atoms with Crippen LogP contribution in [0.25, 0.3) is 0 Å². The summed E-state index contributed by atoms with van der Waals surface area (Å²) in [5.74, 6) is -0.782. The van der Waals surface area contributed by atoms with E-state index in [4.69, 9.17) is 9.84 Å². The van der Waals surface area contributed by atoms with E-state index in [1.807, 2.05) is 26.8 Å². The van der Waals surface area contributed by atoms with Gasteiger partial charge in [-0.2, -0.15) is 5.10 Å². The van der Waals surface area contributed by atoms with Crippen LogP contribution < -0.4 is 10.1 Å². The summed E-state index contributed by atoms with van der Waals surface area (Å²) in [5, 5.41) is 15.7. The number of rotatable bonds is 7. The zero-order chi connectivity index (χ0) is 17.7. The van der Waals surface area contributed by atoms with Crippen LogP contribution in [0.15, 0.2) is 30.5 Å². The van der Waals surface area contributed by atoms with E-state index in [2.05, 4.69) is 10.4 Å². The van der Waals surface area contributed by atoms with Gasteiger partial charge in [-0.1, -0.05) is 12.1 Å². The molecule has 128 valence electrons. The van der Waals surface area contributed by atoms with Crippen LogP contribution in [0.2, 0.25) is 0 Å². The van der Waals surface area contributed by atoms with Crippen LogP contribution in [0.1, 0.15) is 41.5 Å². The summed E-state index contributed by atoms with van der Waals surface area (Å²) in [6.45, 7) is 5.79. The summed E-state index contributed by atoms with van der Waals surface area (Å²) in [5.41, 5.74) is 2.18. The predicted octanol–water partition coefficient (Wildman–Crippen LogP) is 2.17. The molecule has 1 aromatic heterocycles. The van der Waals surface area contributed by atoms with Crippen molar-refractivity contribution >= 4 is 11.9 Å². The number of carbonyl (C=O) groups excluding carboxylic acids is 1. The number of amides is 1. The number of carboxylic acids is 1. The summed E-state index contributed by atoms with van der Waals surface area (Å²) in [7, 11) is 0. The van der Waals surface area contributed by atoms with E-state index < -0.39 is 12.6 Å². The quantitative estimate of drug-likeness (QED) is 0.811. The highest BCUT2D eigenvalue weighted by Gasteiger charge is 2.15. The first-order chi connectivity index (χ1) is 11.4. The number of hydrogen-bond acceptors (Lipinski definition) is 4. The molecule has 2 N–H and O–H groups in total. The molecule has 1 heterocycles. The average molecular weight is 331 g/mol. The first kappa shape index (κ1) is 17.5. The number of carbonyl (C=O) groups is 2. The maximum absolute atomic E-state index is 12.3. The Hall–Kier alpha value is -2.83. The molecule has 0 bridgehead atoms. The van der Waals surface area contributed by atoms with Crippen molar-refractivity contribution in [2.24, 2.45) is 0 Å². The number of benzene rings is 1. The fourth-order valence-electron chi connectivity index (χ4n) is 2.33. The first-order valence-electron chi connectivity index (χ1n) is 7.64. The number of nitrogens with one attached hydrogen (secondary N) is 1. The third-order valence-electron chi connectivity index (χ3n) is 3.49. The lowest BCUT2D eigenvalue weighted by molar-refractivity contribution is -0.139. The zero-order valence-corrected chi connectivity index (χ0v) is 13.9. The lowest BCUT2D eigenvalue weighted by atomic mass is 10.2. The van der Waals surface area contributed by atoms with Gasteiger partial charge in [0.25, 0.3) is 5.91 Å². The molecule has 0 aliphatic rings. The second-order valence-corrected chi connectivity index (χ2v) is 5.69. The fourth-order valence-corrected chi connectivity index (χ4v) is 2.33. The molecular weight excluding hydrogens is 310 g/mol. The third kappa shape index (κ3) is 4.34. The molecule has 2 aromatic rings. The standard InChI is InChI=1S/C17H21N3O4/c1-11(2)20-12(3)15(9-19-20)17(23)18-8-13-5-4-6-14(7-13)24-10-16(21)22/h4-7,9,11H,8,10H2,1-3H3,(H,18,23)(H,21,22). The predicted molar refractivity (Wildman–Crippen MR) is 88.1 cm³/mol. The zero-order valence-electron chi connectivity index (χ0n) is 13.9. The van der Waals surface area contributed by atoms with E-state index in [1.165, 1.54) is 0 Å². The third-order valence-corrected chi connectivity index (χ3v) is 3.49. The van der Waals surface area contributed by atoms with Crippen molar-refractivity contribution in [2.45, 2.75) is 33.4 Å². The Morgan fingerprint density at radius 3 is 2.75 bits per heavy atom. The van der Waals surface area contributed by atoms with E-state index in [1.54, 1.807) is 29.1 Å². The number of ether oxygens (including phenoxy) is 1. The molecule has 0 aliphatic heterocycles. The summed E-state index contributed by atoms with van der Waals surface area (Å²) in [6.07, 6.45) is 1.57. The summed E-state index contributed by atoms with van der Waals surface area (Å²) < 4.78 is 6.92. The van der Waals surface area contributed by atoms with Gasteiger partial charge in [-0.15, -0.1) is 0 Å². The monoisotopic (exact) mass is 331 g/mol. The van der Waals surface area contributed by atoms with Crippen LogP contribution in [0.4, 0.5) is 0 Å². The number of hydrogen-bond donors (Lipinski definition) is 2. The van der Waals surface area contributed by atoms with Gasteiger partial charge in [0.1, 0.15) is 5.75 Å². The van der Waals surface area contributed by atoms with Crippen LogP contribution in [-0.4, -0.2) is 33.4 Å². The van der Waals surface area contributed by atoms with E-state index in [0.717, 1.165) is 11.3 Å². The first-order valence-corrected chi connectivity index (χ1v) is 7.64. The fraction of sp³-hybridized carbons (Fsp3) is 0.353. The van der Waals surface area contributed by atoms with Crippen molar-refractivity contribution in [3.8, 4) is 5.75 Å². The second kappa shape index (κ2) is 7.63. The second-order valence-electron chi connectivity index (χ2n) is 5.69. The van der Waals surface area contributed by atoms with Crippen LogP contribution in [-0.2, 0) is 11.3 Å². The van der Waals surface area contributed by atoms with Gasteiger partial charge in [-0.3, -0.25) is 9.48 Å². The van der Waals surface area contributed by atoms with Crippen LogP contribution >= 0.6 is 0 Å². The normalized spacial score (nSPS) is 10.7. The van der Waals surface area contributed by atoms with E-state index in [-0.39, 0.29) is 11.9 Å². The Labute approximate surface area is 140 Å². The topological polar surface area (TPSA) is 93.4 Å². The molecule has 0 atom stereocenters. The lowest BCUT2D eigenvalue weighted by Crippen LogP contribution is -2.23. The number of aromatic nitrogens is 2. The maximum atomic E-state index is 12.3. The molecule has 2 rings (SSSR count). The Bertz CT molecular complexity index is 737. The van der Waals surface area contributed by atoms with Crippen molar-refractivity contribution in [2.75, 3.05) is 6.61 Å². The smallest absolute Gasteiger partial charge is 0.341 e. The highest BCUT2D eigenvalue weighted by atomic mass is 16.5. The van der Waals surface area contributed by atoms with Crippen LogP contribution in [0.3, 0.4) is 0 Å². The molecule has 24 heavy (non-hydrogen) atoms. The minimum atomic E-state index is -1.04. The van der Waals surface area contributed by atoms with Crippen LogP contribution in [0, 0.1) is 6.92 Å². The number of carboxylic acid groups (broad SMARTS) is 1. The molecule has 1 amide bonds. The van der Waals surface area contributed by atoms with Crippen molar-refractivity contribution in [3.63, 3.8) is 0 Å². The summed E-state index contributed by atoms with van der Waals surface area (Å²) in [6, 6.07) is 7.15. The van der Waals surface area contributed by atoms with E-state index >= 15 is 0 Å². The van der Waals surface area contributed by atoms with Gasteiger partial charge in [0.2, 0.25) is 0 Å². The minimum absolute atomic E-state index is 0.189. The van der Waals surface area contributed by atoms with Crippen molar-refractivity contribution in [1.29, 1.82) is 0 Å².